The first-order valence-electron chi connectivity index (χ1n) is 3.75. The molecule has 0 amide bonds. The zero-order valence-electron chi connectivity index (χ0n) is 7.99. The Kier molecular flexibility index (Phi) is 4.72. The van der Waals surface area contributed by atoms with Crippen molar-refractivity contribution in [2.75, 3.05) is 0 Å². The molecule has 0 aliphatic rings. The average Bonchev–Trinajstić information content (AvgIpc) is 2.15. The summed E-state index contributed by atoms with van der Waals surface area (Å²) >= 11 is 0. The Bertz CT molecular complexity index is 506. The van der Waals surface area contributed by atoms with Gasteiger partial charge in [-0.25, -0.2) is 0 Å². The normalized spacial score (nSPS) is 9.33. The molecule has 0 aliphatic carbocycles. The zero-order chi connectivity index (χ0) is 13.3. The van der Waals surface area contributed by atoms with E-state index in [2.05, 4.69) is 0 Å². The molecule has 0 fully saturated rings. The van der Waals surface area contributed by atoms with E-state index < -0.39 is 43.3 Å². The van der Waals surface area contributed by atoms with Crippen molar-refractivity contribution in [2.24, 2.45) is 0 Å². The summed E-state index contributed by atoms with van der Waals surface area (Å²) in [5.74, 6) is -3.51. The van der Waals surface area contributed by atoms with Crippen molar-refractivity contribution in [2.45, 2.75) is 0 Å². The molecule has 0 heterocycles. The van der Waals surface area contributed by atoms with Crippen LogP contribution in [0.3, 0.4) is 0 Å². The van der Waals surface area contributed by atoms with Gasteiger partial charge in [0.05, 0.1) is 32.3 Å². The molecule has 0 saturated heterocycles. The molecule has 0 unspecified atom stereocenters. The maximum atomic E-state index is 11.1. The standard InChI is InChI=1S/C6H3N3O8.Ag/c10-5-2(7(12)13)1-3(8(14)15)6(11)4(5)9(16)17;/h1,10-11H;/q;+2/p-2. The van der Waals surface area contributed by atoms with E-state index in [0.717, 1.165) is 0 Å². The van der Waals surface area contributed by atoms with Gasteiger partial charge in [0.2, 0.25) is 0 Å². The van der Waals surface area contributed by atoms with Crippen LogP contribution in [0.5, 0.6) is 11.5 Å². The fourth-order valence-electron chi connectivity index (χ4n) is 1.04. The summed E-state index contributed by atoms with van der Waals surface area (Å²) in [6, 6.07) is 0.109. The summed E-state index contributed by atoms with van der Waals surface area (Å²) in [5, 5.41) is 53.3. The molecule has 0 atom stereocenters. The topological polar surface area (TPSA) is 176 Å². The summed E-state index contributed by atoms with van der Waals surface area (Å²) < 4.78 is 0. The fourth-order valence-corrected chi connectivity index (χ4v) is 1.04. The number of hydrogen-bond acceptors (Lipinski definition) is 8. The minimum absolute atomic E-state index is 0. The van der Waals surface area contributed by atoms with Gasteiger partial charge in [-0.2, -0.15) is 0 Å². The van der Waals surface area contributed by atoms with Crippen LogP contribution in [0.1, 0.15) is 0 Å². The molecular formula is C6HAgN3O8. The smallest absolute Gasteiger partial charge is 0.863 e. The molecule has 99 valence electrons. The molecule has 0 N–H and O–H groups in total. The van der Waals surface area contributed by atoms with E-state index >= 15 is 0 Å². The van der Waals surface area contributed by atoms with Crippen LogP contribution in [0.2, 0.25) is 0 Å². The van der Waals surface area contributed by atoms with Crippen molar-refractivity contribution in [3.05, 3.63) is 36.4 Å². The van der Waals surface area contributed by atoms with Gasteiger partial charge < -0.3 is 10.2 Å². The quantitative estimate of drug-likeness (QED) is 0.399. The molecule has 0 bridgehead atoms. The molecule has 1 radical (unpaired) electrons. The van der Waals surface area contributed by atoms with Gasteiger partial charge in [-0.05, 0) is 0 Å². The van der Waals surface area contributed by atoms with Gasteiger partial charge in [-0.1, -0.05) is 0 Å². The monoisotopic (exact) mass is 350 g/mol. The number of benzene rings is 1. The van der Waals surface area contributed by atoms with Crippen LogP contribution in [0.4, 0.5) is 17.1 Å². The molecule has 18 heavy (non-hydrogen) atoms. The van der Waals surface area contributed by atoms with Crippen molar-refractivity contribution in [3.8, 4) is 11.5 Å². The molecular weight excluding hydrogens is 350 g/mol. The van der Waals surface area contributed by atoms with E-state index in [-0.39, 0.29) is 28.4 Å². The Morgan fingerprint density at radius 2 is 1.11 bits per heavy atom. The van der Waals surface area contributed by atoms with E-state index in [1.807, 2.05) is 0 Å². The van der Waals surface area contributed by atoms with Crippen molar-refractivity contribution in [3.63, 3.8) is 0 Å². The molecule has 0 spiro atoms. The number of nitro groups is 3. The van der Waals surface area contributed by atoms with E-state index in [1.165, 1.54) is 0 Å². The van der Waals surface area contributed by atoms with Crippen LogP contribution in [0.25, 0.3) is 0 Å². The first-order valence-corrected chi connectivity index (χ1v) is 3.75. The third-order valence-electron chi connectivity index (χ3n) is 1.74. The van der Waals surface area contributed by atoms with E-state index in [0.29, 0.717) is 0 Å². The van der Waals surface area contributed by atoms with E-state index in [1.54, 1.807) is 0 Å². The second-order valence-electron chi connectivity index (χ2n) is 2.69. The zero-order valence-corrected chi connectivity index (χ0v) is 9.47. The van der Waals surface area contributed by atoms with Crippen LogP contribution >= 0.6 is 0 Å². The molecule has 0 aliphatic heterocycles. The predicted molar refractivity (Wildman–Crippen MR) is 45.3 cm³/mol. The number of nitro benzene ring substituents is 3. The first kappa shape index (κ1) is 15.8. The minimum atomic E-state index is -1.75. The second-order valence-corrected chi connectivity index (χ2v) is 2.69. The summed E-state index contributed by atoms with van der Waals surface area (Å²) in [7, 11) is 0. The Morgan fingerprint density at radius 3 is 1.33 bits per heavy atom. The van der Waals surface area contributed by atoms with Gasteiger partial charge in [0, 0.05) is 0 Å². The van der Waals surface area contributed by atoms with E-state index in [9.17, 15) is 40.6 Å². The molecule has 0 saturated carbocycles. The Hall–Kier alpha value is -2.24. The summed E-state index contributed by atoms with van der Waals surface area (Å²) in [6.07, 6.45) is 0. The van der Waals surface area contributed by atoms with Crippen molar-refractivity contribution < 1.29 is 47.4 Å². The molecule has 1 rings (SSSR count). The van der Waals surface area contributed by atoms with Gasteiger partial charge in [0.25, 0.3) is 17.1 Å². The Morgan fingerprint density at radius 1 is 0.778 bits per heavy atom. The first-order chi connectivity index (χ1) is 7.77. The third kappa shape index (κ3) is 2.53. The molecule has 11 nitrogen and oxygen atoms in total. The molecule has 1 aromatic rings. The fraction of sp³-hybridized carbons (Fsp3) is 0. The third-order valence-corrected chi connectivity index (χ3v) is 1.74. The van der Waals surface area contributed by atoms with Crippen molar-refractivity contribution in [1.82, 2.24) is 0 Å². The average molecular weight is 351 g/mol. The summed E-state index contributed by atoms with van der Waals surface area (Å²) in [5.41, 5.74) is -4.48. The maximum absolute atomic E-state index is 11.1. The van der Waals surface area contributed by atoms with Gasteiger partial charge >= 0.3 is 22.4 Å². The molecule has 1 aromatic carbocycles. The maximum Gasteiger partial charge on any atom is 2.00 e. The Labute approximate surface area is 113 Å². The minimum Gasteiger partial charge on any atom is -0.863 e. The van der Waals surface area contributed by atoms with Crippen LogP contribution in [0.15, 0.2) is 6.07 Å². The predicted octanol–water partition coefficient (Wildman–Crippen LogP) is -0.444. The number of nitrogens with zero attached hydrogens (tertiary/aromatic N) is 3. The van der Waals surface area contributed by atoms with Gasteiger partial charge in [-0.3, -0.25) is 30.3 Å². The van der Waals surface area contributed by atoms with Crippen LogP contribution in [-0.2, 0) is 22.4 Å². The Balaban J connectivity index is 0.00000289. The largest absolute Gasteiger partial charge is 2.00 e. The second kappa shape index (κ2) is 5.40. The van der Waals surface area contributed by atoms with E-state index in [4.69, 9.17) is 0 Å². The van der Waals surface area contributed by atoms with Crippen LogP contribution in [-0.4, -0.2) is 14.8 Å². The van der Waals surface area contributed by atoms with Gasteiger partial charge in [-0.15, -0.1) is 0 Å². The SMILES string of the molecule is O=[N+]([O-])c1cc([N+](=O)[O-])c([O-])c([N+](=O)[O-])c1[O-].[Ag+2]. The van der Waals surface area contributed by atoms with Gasteiger partial charge in [0.1, 0.15) is 0 Å². The van der Waals surface area contributed by atoms with Crippen molar-refractivity contribution in [1.29, 1.82) is 0 Å². The van der Waals surface area contributed by atoms with Crippen LogP contribution in [0, 0.1) is 30.3 Å². The number of hydrogen-bond donors (Lipinski definition) is 0. The number of rotatable bonds is 3. The summed E-state index contributed by atoms with van der Waals surface area (Å²) in [6.45, 7) is 0. The molecule has 12 heteroatoms. The van der Waals surface area contributed by atoms with Crippen molar-refractivity contribution >= 4 is 17.1 Å². The van der Waals surface area contributed by atoms with Crippen LogP contribution < -0.4 is 10.2 Å². The summed E-state index contributed by atoms with van der Waals surface area (Å²) in [4.78, 5) is 26.9. The van der Waals surface area contributed by atoms with Gasteiger partial charge in [0.15, 0.2) is 0 Å². The molecule has 0 aromatic heterocycles.